The first kappa shape index (κ1) is 14.4. The van der Waals surface area contributed by atoms with Crippen molar-refractivity contribution in [3.63, 3.8) is 0 Å². The predicted octanol–water partition coefficient (Wildman–Crippen LogP) is 3.07. The van der Waals surface area contributed by atoms with Crippen LogP contribution in [0, 0.1) is 5.82 Å². The average molecular weight is 323 g/mol. The van der Waals surface area contributed by atoms with Gasteiger partial charge < -0.3 is 5.73 Å². The molecule has 0 radical (unpaired) electrons. The number of fused-ring (bicyclic) bond motifs is 1. The maximum atomic E-state index is 13.5. The Kier molecular flexibility index (Phi) is 3.67. The summed E-state index contributed by atoms with van der Waals surface area (Å²) in [5.41, 5.74) is 6.40. The largest absolute Gasteiger partial charge is 0.396 e. The summed E-state index contributed by atoms with van der Waals surface area (Å²) >= 11 is 1.66. The van der Waals surface area contributed by atoms with Crippen LogP contribution in [0.5, 0.6) is 0 Å². The summed E-state index contributed by atoms with van der Waals surface area (Å²) in [6.07, 6.45) is 0. The molecule has 3 nitrogen and oxygen atoms in total. The van der Waals surface area contributed by atoms with Gasteiger partial charge in [0.25, 0.3) is 0 Å². The monoisotopic (exact) mass is 323 g/mol. The van der Waals surface area contributed by atoms with E-state index in [0.717, 1.165) is 22.3 Å². The molecule has 3 rings (SSSR count). The third kappa shape index (κ3) is 2.78. The van der Waals surface area contributed by atoms with Gasteiger partial charge >= 0.3 is 0 Å². The number of anilines is 1. The first-order valence-corrected chi connectivity index (χ1v) is 9.11. The first-order valence-electron chi connectivity index (χ1n) is 6.47. The van der Waals surface area contributed by atoms with Gasteiger partial charge in [-0.1, -0.05) is 18.2 Å². The zero-order chi connectivity index (χ0) is 15.0. The summed E-state index contributed by atoms with van der Waals surface area (Å²) in [4.78, 5) is 1.12. The van der Waals surface area contributed by atoms with E-state index >= 15 is 0 Å². The van der Waals surface area contributed by atoms with Crippen LogP contribution in [0.15, 0.2) is 52.3 Å². The van der Waals surface area contributed by atoms with Crippen molar-refractivity contribution in [2.24, 2.45) is 0 Å². The van der Waals surface area contributed by atoms with Crippen LogP contribution < -0.4 is 5.73 Å². The molecule has 1 atom stereocenters. The summed E-state index contributed by atoms with van der Waals surface area (Å²) in [6, 6.07) is 11.5. The van der Waals surface area contributed by atoms with Crippen molar-refractivity contribution in [1.82, 2.24) is 0 Å². The zero-order valence-electron chi connectivity index (χ0n) is 11.1. The van der Waals surface area contributed by atoms with E-state index in [0.29, 0.717) is 0 Å². The van der Waals surface area contributed by atoms with Gasteiger partial charge in [0.2, 0.25) is 0 Å². The Bertz CT molecular complexity index is 790. The highest BCUT2D eigenvalue weighted by atomic mass is 32.2. The van der Waals surface area contributed by atoms with Crippen LogP contribution in [0.2, 0.25) is 0 Å². The molecule has 21 heavy (non-hydrogen) atoms. The van der Waals surface area contributed by atoms with E-state index in [1.807, 2.05) is 24.3 Å². The van der Waals surface area contributed by atoms with Gasteiger partial charge in [0.15, 0.2) is 9.84 Å². The second kappa shape index (κ2) is 5.35. The minimum Gasteiger partial charge on any atom is -0.396 e. The Morgan fingerprint density at radius 3 is 2.76 bits per heavy atom. The molecule has 2 aromatic rings. The molecule has 1 aliphatic rings. The second-order valence-electron chi connectivity index (χ2n) is 5.01. The van der Waals surface area contributed by atoms with Crippen molar-refractivity contribution in [3.8, 4) is 0 Å². The van der Waals surface area contributed by atoms with Gasteiger partial charge in [-0.15, -0.1) is 11.8 Å². The SMILES string of the molecule is Nc1ccc(S(=O)(=O)CC2CSc3ccccc32)cc1F. The second-order valence-corrected chi connectivity index (χ2v) is 8.11. The Labute approximate surface area is 127 Å². The summed E-state index contributed by atoms with van der Waals surface area (Å²) in [6.45, 7) is 0. The molecule has 2 aromatic carbocycles. The first-order chi connectivity index (χ1) is 9.97. The van der Waals surface area contributed by atoms with Crippen LogP contribution in [-0.2, 0) is 9.84 Å². The lowest BCUT2D eigenvalue weighted by atomic mass is 10.0. The standard InChI is InChI=1S/C15H14FNO2S2/c16-13-7-11(5-6-14(13)17)21(18,19)9-10-8-20-15-4-2-1-3-12(10)15/h1-7,10H,8-9,17H2. The highest BCUT2D eigenvalue weighted by molar-refractivity contribution is 7.99. The minimum absolute atomic E-state index is 0.0106. The fourth-order valence-corrected chi connectivity index (χ4v) is 5.41. The van der Waals surface area contributed by atoms with Gasteiger partial charge in [-0.25, -0.2) is 12.8 Å². The van der Waals surface area contributed by atoms with E-state index in [4.69, 9.17) is 5.73 Å². The number of benzene rings is 2. The number of hydrogen-bond acceptors (Lipinski definition) is 4. The molecule has 0 aliphatic carbocycles. The molecule has 2 N–H and O–H groups in total. The molecule has 0 spiro atoms. The predicted molar refractivity (Wildman–Crippen MR) is 82.8 cm³/mol. The maximum absolute atomic E-state index is 13.5. The fraction of sp³-hybridized carbons (Fsp3) is 0.200. The van der Waals surface area contributed by atoms with Crippen molar-refractivity contribution >= 4 is 27.3 Å². The molecule has 0 amide bonds. The van der Waals surface area contributed by atoms with Crippen molar-refractivity contribution in [3.05, 3.63) is 53.8 Å². The number of halogens is 1. The average Bonchev–Trinajstić information content (AvgIpc) is 2.85. The lowest BCUT2D eigenvalue weighted by Crippen LogP contribution is -2.15. The number of rotatable bonds is 3. The van der Waals surface area contributed by atoms with Gasteiger partial charge in [-0.05, 0) is 29.8 Å². The molecule has 1 unspecified atom stereocenters. The molecule has 1 heterocycles. The van der Waals surface area contributed by atoms with Crippen LogP contribution in [-0.4, -0.2) is 19.9 Å². The minimum atomic E-state index is -3.53. The van der Waals surface area contributed by atoms with Crippen molar-refractivity contribution < 1.29 is 12.8 Å². The molecule has 0 saturated carbocycles. The maximum Gasteiger partial charge on any atom is 0.179 e. The quantitative estimate of drug-likeness (QED) is 0.882. The normalized spacial score (nSPS) is 17.7. The van der Waals surface area contributed by atoms with Crippen LogP contribution in [0.3, 0.4) is 0 Å². The van der Waals surface area contributed by atoms with Gasteiger partial charge in [0.1, 0.15) is 5.82 Å². The molecule has 1 aliphatic heterocycles. The Balaban J connectivity index is 1.89. The number of nitrogen functional groups attached to an aromatic ring is 1. The van der Waals surface area contributed by atoms with Gasteiger partial charge in [0, 0.05) is 16.6 Å². The third-order valence-corrected chi connectivity index (χ3v) is 6.62. The van der Waals surface area contributed by atoms with Crippen molar-refractivity contribution in [2.45, 2.75) is 15.7 Å². The molecule has 6 heteroatoms. The smallest absolute Gasteiger partial charge is 0.179 e. The van der Waals surface area contributed by atoms with Gasteiger partial charge in [-0.3, -0.25) is 0 Å². The highest BCUT2D eigenvalue weighted by Crippen LogP contribution is 2.40. The molecular weight excluding hydrogens is 309 g/mol. The third-order valence-electron chi connectivity index (χ3n) is 3.55. The Morgan fingerprint density at radius 1 is 1.24 bits per heavy atom. The number of nitrogens with two attached hydrogens (primary N) is 1. The molecule has 0 aromatic heterocycles. The van der Waals surface area contributed by atoms with Crippen LogP contribution in [0.4, 0.5) is 10.1 Å². The van der Waals surface area contributed by atoms with Crippen LogP contribution in [0.1, 0.15) is 11.5 Å². The highest BCUT2D eigenvalue weighted by Gasteiger charge is 2.29. The van der Waals surface area contributed by atoms with E-state index in [9.17, 15) is 12.8 Å². The Morgan fingerprint density at radius 2 is 2.00 bits per heavy atom. The number of hydrogen-bond donors (Lipinski definition) is 1. The van der Waals surface area contributed by atoms with Crippen LogP contribution in [0.25, 0.3) is 0 Å². The molecule has 0 bridgehead atoms. The van der Waals surface area contributed by atoms with Gasteiger partial charge in [-0.2, -0.15) is 0 Å². The lowest BCUT2D eigenvalue weighted by molar-refractivity contribution is 0.587. The van der Waals surface area contributed by atoms with E-state index in [2.05, 4.69) is 0 Å². The fourth-order valence-electron chi connectivity index (χ4n) is 2.43. The Hall–Kier alpha value is -1.53. The zero-order valence-corrected chi connectivity index (χ0v) is 12.8. The van der Waals surface area contributed by atoms with Crippen LogP contribution >= 0.6 is 11.8 Å². The van der Waals surface area contributed by atoms with E-state index in [1.165, 1.54) is 12.1 Å². The van der Waals surface area contributed by atoms with E-state index < -0.39 is 15.7 Å². The summed E-state index contributed by atoms with van der Waals surface area (Å²) in [5.74, 6) is -0.0368. The van der Waals surface area contributed by atoms with Crippen molar-refractivity contribution in [1.29, 1.82) is 0 Å². The number of sulfone groups is 1. The summed E-state index contributed by atoms with van der Waals surface area (Å²) in [5, 5.41) is 0. The molecule has 0 fully saturated rings. The lowest BCUT2D eigenvalue weighted by Gasteiger charge is -2.12. The molecular formula is C15H14FNO2S2. The van der Waals surface area contributed by atoms with Gasteiger partial charge in [0.05, 0.1) is 16.3 Å². The summed E-state index contributed by atoms with van der Waals surface area (Å²) < 4.78 is 38.4. The molecule has 0 saturated heterocycles. The van der Waals surface area contributed by atoms with Crippen molar-refractivity contribution in [2.75, 3.05) is 17.2 Å². The summed E-state index contributed by atoms with van der Waals surface area (Å²) in [7, 11) is -3.53. The molecule has 110 valence electrons. The van der Waals surface area contributed by atoms with E-state index in [-0.39, 0.29) is 22.3 Å². The number of thioether (sulfide) groups is 1. The van der Waals surface area contributed by atoms with E-state index in [1.54, 1.807) is 11.8 Å². The topological polar surface area (TPSA) is 60.2 Å².